The quantitative estimate of drug-likeness (QED) is 0.195. The Morgan fingerprint density at radius 1 is 0.829 bits per heavy atom. The molecule has 0 radical (unpaired) electrons. The predicted molar refractivity (Wildman–Crippen MR) is 147 cm³/mol. The van der Waals surface area contributed by atoms with Crippen LogP contribution in [0.3, 0.4) is 0 Å². The standard InChI is InChI=1S/C31H33N3O/c1-5-31(4,23-16-10-7-11-17-23)25-20-24(30(2,3)22-14-8-6-9-15-22)21-28(29(25)35)34-33-27-19-13-12-18-26(27)32/h6-21,32,34-35H,5H2,1-4H3/b32-26?,33-27-. The maximum absolute atomic E-state index is 11.6. The van der Waals surface area contributed by atoms with Gasteiger partial charge in [-0.3, -0.25) is 10.8 Å². The summed E-state index contributed by atoms with van der Waals surface area (Å²) in [6.45, 7) is 8.72. The largest absolute Gasteiger partial charge is 0.505 e. The van der Waals surface area contributed by atoms with Gasteiger partial charge in [-0.2, -0.15) is 5.10 Å². The first kappa shape index (κ1) is 24.2. The summed E-state index contributed by atoms with van der Waals surface area (Å²) in [6, 6.07) is 24.8. The Kier molecular flexibility index (Phi) is 6.74. The van der Waals surface area contributed by atoms with Crippen LogP contribution in [0.15, 0.2) is 102 Å². The first-order valence-electron chi connectivity index (χ1n) is 12.0. The fourth-order valence-electron chi connectivity index (χ4n) is 4.57. The van der Waals surface area contributed by atoms with Gasteiger partial charge in [0, 0.05) is 16.4 Å². The van der Waals surface area contributed by atoms with Crippen molar-refractivity contribution in [3.05, 3.63) is 119 Å². The molecule has 35 heavy (non-hydrogen) atoms. The predicted octanol–water partition coefficient (Wildman–Crippen LogP) is 7.35. The zero-order valence-electron chi connectivity index (χ0n) is 20.8. The zero-order chi connectivity index (χ0) is 25.1. The third kappa shape index (κ3) is 4.69. The van der Waals surface area contributed by atoms with Crippen molar-refractivity contribution in [3.8, 4) is 5.75 Å². The maximum atomic E-state index is 11.6. The molecule has 178 valence electrons. The molecule has 1 aliphatic rings. The Morgan fingerprint density at radius 2 is 1.43 bits per heavy atom. The smallest absolute Gasteiger partial charge is 0.144 e. The molecule has 4 nitrogen and oxygen atoms in total. The molecule has 0 fully saturated rings. The lowest BCUT2D eigenvalue weighted by Crippen LogP contribution is -2.25. The summed E-state index contributed by atoms with van der Waals surface area (Å²) in [6.07, 6.45) is 7.95. The Labute approximate surface area is 208 Å². The minimum atomic E-state index is -0.405. The fraction of sp³-hybridized carbons (Fsp3) is 0.226. The van der Waals surface area contributed by atoms with Crippen LogP contribution in [-0.4, -0.2) is 16.5 Å². The minimum Gasteiger partial charge on any atom is -0.505 e. The first-order chi connectivity index (χ1) is 16.8. The molecule has 0 heterocycles. The fourth-order valence-corrected chi connectivity index (χ4v) is 4.57. The Balaban J connectivity index is 1.90. The molecular weight excluding hydrogens is 430 g/mol. The molecule has 3 aromatic rings. The second-order valence-electron chi connectivity index (χ2n) is 9.70. The van der Waals surface area contributed by atoms with E-state index in [0.29, 0.717) is 17.1 Å². The topological polar surface area (TPSA) is 68.5 Å². The van der Waals surface area contributed by atoms with Crippen molar-refractivity contribution in [2.75, 3.05) is 5.43 Å². The highest BCUT2D eigenvalue weighted by Gasteiger charge is 2.34. The van der Waals surface area contributed by atoms with E-state index in [9.17, 15) is 5.11 Å². The van der Waals surface area contributed by atoms with Gasteiger partial charge in [0.15, 0.2) is 0 Å². The van der Waals surface area contributed by atoms with Crippen molar-refractivity contribution >= 4 is 17.1 Å². The van der Waals surface area contributed by atoms with E-state index < -0.39 is 5.41 Å². The van der Waals surface area contributed by atoms with Crippen LogP contribution in [-0.2, 0) is 10.8 Å². The number of hydrazone groups is 1. The lowest BCUT2D eigenvalue weighted by Gasteiger charge is -2.34. The van der Waals surface area contributed by atoms with E-state index in [1.165, 1.54) is 5.56 Å². The van der Waals surface area contributed by atoms with E-state index in [2.05, 4.69) is 80.7 Å². The van der Waals surface area contributed by atoms with Crippen LogP contribution in [0.5, 0.6) is 5.75 Å². The van der Waals surface area contributed by atoms with E-state index in [4.69, 9.17) is 5.41 Å². The Hall–Kier alpha value is -3.92. The van der Waals surface area contributed by atoms with Gasteiger partial charge < -0.3 is 5.11 Å². The molecule has 1 aliphatic carbocycles. The zero-order valence-corrected chi connectivity index (χ0v) is 20.8. The molecule has 0 spiro atoms. The highest BCUT2D eigenvalue weighted by atomic mass is 16.3. The average Bonchev–Trinajstić information content (AvgIpc) is 2.89. The second-order valence-corrected chi connectivity index (χ2v) is 9.70. The molecule has 0 amide bonds. The molecular formula is C31H33N3O. The molecule has 3 aromatic carbocycles. The lowest BCUT2D eigenvalue weighted by molar-refractivity contribution is 0.441. The van der Waals surface area contributed by atoms with E-state index in [1.807, 2.05) is 42.5 Å². The number of rotatable bonds is 7. The molecule has 4 heteroatoms. The lowest BCUT2D eigenvalue weighted by atomic mass is 9.70. The number of aromatic hydroxyl groups is 1. The van der Waals surface area contributed by atoms with Crippen LogP contribution >= 0.6 is 0 Å². The number of phenolic OH excluding ortho intramolecular Hbond substituents is 1. The summed E-state index contributed by atoms with van der Waals surface area (Å²) < 4.78 is 0. The summed E-state index contributed by atoms with van der Waals surface area (Å²) in [7, 11) is 0. The Bertz CT molecular complexity index is 1300. The van der Waals surface area contributed by atoms with Gasteiger partial charge >= 0.3 is 0 Å². The minimum absolute atomic E-state index is 0.178. The summed E-state index contributed by atoms with van der Waals surface area (Å²) in [5.41, 5.74) is 7.99. The van der Waals surface area contributed by atoms with Crippen LogP contribution in [0.4, 0.5) is 5.69 Å². The van der Waals surface area contributed by atoms with Crippen LogP contribution in [0.1, 0.15) is 56.4 Å². The highest BCUT2D eigenvalue weighted by molar-refractivity contribution is 6.50. The van der Waals surface area contributed by atoms with Crippen LogP contribution in [0.2, 0.25) is 0 Å². The van der Waals surface area contributed by atoms with E-state index in [1.54, 1.807) is 12.2 Å². The molecule has 0 aromatic heterocycles. The number of benzene rings is 3. The number of nitrogens with zero attached hydrogens (tertiary/aromatic N) is 1. The highest BCUT2D eigenvalue weighted by Crippen LogP contribution is 2.46. The van der Waals surface area contributed by atoms with Gasteiger partial charge in [-0.25, -0.2) is 0 Å². The van der Waals surface area contributed by atoms with Crippen LogP contribution < -0.4 is 5.43 Å². The molecule has 0 saturated heterocycles. The molecule has 0 saturated carbocycles. The number of hydrogen-bond donors (Lipinski definition) is 3. The first-order valence-corrected chi connectivity index (χ1v) is 12.0. The number of anilines is 1. The molecule has 0 aliphatic heterocycles. The van der Waals surface area contributed by atoms with Gasteiger partial charge in [0.1, 0.15) is 11.5 Å². The van der Waals surface area contributed by atoms with Crippen molar-refractivity contribution in [3.63, 3.8) is 0 Å². The van der Waals surface area contributed by atoms with Gasteiger partial charge in [0.05, 0.1) is 11.4 Å². The van der Waals surface area contributed by atoms with Crippen molar-refractivity contribution in [1.82, 2.24) is 0 Å². The summed E-state index contributed by atoms with van der Waals surface area (Å²) in [5, 5.41) is 24.1. The van der Waals surface area contributed by atoms with E-state index in [0.717, 1.165) is 23.1 Å². The van der Waals surface area contributed by atoms with E-state index >= 15 is 0 Å². The van der Waals surface area contributed by atoms with Gasteiger partial charge in [-0.05, 0) is 41.3 Å². The molecule has 3 N–H and O–H groups in total. The monoisotopic (exact) mass is 463 g/mol. The molecule has 4 rings (SSSR count). The number of hydrogen-bond acceptors (Lipinski definition) is 4. The van der Waals surface area contributed by atoms with Gasteiger partial charge in [0.2, 0.25) is 0 Å². The number of phenols is 1. The summed E-state index contributed by atoms with van der Waals surface area (Å²) in [5.74, 6) is 0.178. The average molecular weight is 464 g/mol. The SMILES string of the molecule is CCC(C)(c1ccccc1)c1cc(C(C)(C)c2ccccc2)cc(N/N=C2/C=CC=CC2=N)c1O. The van der Waals surface area contributed by atoms with Crippen molar-refractivity contribution < 1.29 is 5.11 Å². The van der Waals surface area contributed by atoms with Crippen LogP contribution in [0, 0.1) is 5.41 Å². The van der Waals surface area contributed by atoms with Crippen molar-refractivity contribution in [2.24, 2.45) is 5.10 Å². The van der Waals surface area contributed by atoms with E-state index in [-0.39, 0.29) is 11.2 Å². The van der Waals surface area contributed by atoms with Crippen LogP contribution in [0.25, 0.3) is 0 Å². The maximum Gasteiger partial charge on any atom is 0.144 e. The molecule has 1 unspecified atom stereocenters. The summed E-state index contributed by atoms with van der Waals surface area (Å²) in [4.78, 5) is 0. The second kappa shape index (κ2) is 9.75. The third-order valence-corrected chi connectivity index (χ3v) is 7.24. The van der Waals surface area contributed by atoms with Gasteiger partial charge in [-0.15, -0.1) is 0 Å². The Morgan fingerprint density at radius 3 is 2.03 bits per heavy atom. The molecule has 0 bridgehead atoms. The third-order valence-electron chi connectivity index (χ3n) is 7.24. The van der Waals surface area contributed by atoms with Gasteiger partial charge in [-0.1, -0.05) is 107 Å². The molecule has 1 atom stereocenters. The van der Waals surface area contributed by atoms with Gasteiger partial charge in [0.25, 0.3) is 0 Å². The summed E-state index contributed by atoms with van der Waals surface area (Å²) >= 11 is 0. The number of allylic oxidation sites excluding steroid dienone is 4. The normalized spacial score (nSPS) is 16.3. The van der Waals surface area contributed by atoms with Crippen molar-refractivity contribution in [2.45, 2.75) is 44.9 Å². The van der Waals surface area contributed by atoms with Crippen molar-refractivity contribution in [1.29, 1.82) is 5.41 Å². The number of nitrogens with one attached hydrogen (secondary N) is 2.